The molecule has 1 aromatic carbocycles. The average molecular weight is 357 g/mol. The first-order valence-corrected chi connectivity index (χ1v) is 8.86. The summed E-state index contributed by atoms with van der Waals surface area (Å²) in [6.45, 7) is 3.89. The quantitative estimate of drug-likeness (QED) is 0.816. The predicted octanol–water partition coefficient (Wildman–Crippen LogP) is 1.35. The molecule has 1 atom stereocenters. The summed E-state index contributed by atoms with van der Waals surface area (Å²) in [4.78, 5) is 39.5. The topological polar surface area (TPSA) is 95.4 Å². The molecule has 26 heavy (non-hydrogen) atoms. The maximum Gasteiger partial charge on any atom is 0.416 e. The monoisotopic (exact) mass is 357 g/mol. The maximum atomic E-state index is 12.5. The number of likely N-dealkylation sites (tertiary alicyclic amines) is 1. The molecule has 1 aromatic heterocycles. The fraction of sp³-hybridized carbons (Fsp3) is 0.421. The Bertz CT molecular complexity index is 839. The van der Waals surface area contributed by atoms with Crippen molar-refractivity contribution in [2.45, 2.75) is 26.2 Å². The van der Waals surface area contributed by atoms with Gasteiger partial charge in [0.2, 0.25) is 5.91 Å². The summed E-state index contributed by atoms with van der Waals surface area (Å²) in [6.07, 6.45) is 3.31. The first-order chi connectivity index (χ1) is 12.5. The van der Waals surface area contributed by atoms with E-state index in [1.54, 1.807) is 0 Å². The van der Waals surface area contributed by atoms with Crippen LogP contribution in [0.2, 0.25) is 0 Å². The maximum absolute atomic E-state index is 12.5. The molecule has 1 saturated heterocycles. The van der Waals surface area contributed by atoms with Gasteiger partial charge in [-0.15, -0.1) is 0 Å². The van der Waals surface area contributed by atoms with E-state index in [4.69, 9.17) is 0 Å². The molecule has 2 aromatic rings. The molecule has 1 aliphatic heterocycles. The minimum atomic E-state index is -0.653. The standard InChI is InChI=1S/C19H23N3O4/c1-2-13-4-3-5-14(8-13)9-17(23)22-7-6-15(11-22)10-20-18(24)16-12-26-19(25)21-16/h3-5,8,12,15H,2,6-7,9-11H2,1H3,(H,20,24)(H,21,25)/t15-/m1/s1. The lowest BCUT2D eigenvalue weighted by Gasteiger charge is -2.17. The van der Waals surface area contributed by atoms with Crippen molar-refractivity contribution in [3.8, 4) is 0 Å². The van der Waals surface area contributed by atoms with Crippen LogP contribution in [-0.4, -0.2) is 41.3 Å². The fourth-order valence-corrected chi connectivity index (χ4v) is 3.20. The van der Waals surface area contributed by atoms with Crippen molar-refractivity contribution in [1.29, 1.82) is 0 Å². The largest absolute Gasteiger partial charge is 0.416 e. The number of aromatic amines is 1. The Morgan fingerprint density at radius 1 is 1.35 bits per heavy atom. The number of nitrogens with zero attached hydrogens (tertiary/aromatic N) is 1. The van der Waals surface area contributed by atoms with Crippen LogP contribution in [0.5, 0.6) is 0 Å². The first kappa shape index (κ1) is 18.0. The SMILES string of the molecule is CCc1cccc(CC(=O)N2CC[C@H](CNC(=O)c3coc(=O)[nH]3)C2)c1. The van der Waals surface area contributed by atoms with Gasteiger partial charge in [0, 0.05) is 19.6 Å². The van der Waals surface area contributed by atoms with Gasteiger partial charge in [0.15, 0.2) is 0 Å². The highest BCUT2D eigenvalue weighted by Gasteiger charge is 2.26. The second kappa shape index (κ2) is 8.03. The van der Waals surface area contributed by atoms with E-state index in [0.717, 1.165) is 24.7 Å². The highest BCUT2D eigenvalue weighted by Crippen LogP contribution is 2.17. The third-order valence-electron chi connectivity index (χ3n) is 4.71. The van der Waals surface area contributed by atoms with Crippen molar-refractivity contribution < 1.29 is 14.0 Å². The summed E-state index contributed by atoms with van der Waals surface area (Å²) in [6, 6.07) is 8.12. The zero-order valence-corrected chi connectivity index (χ0v) is 14.8. The molecule has 2 N–H and O–H groups in total. The van der Waals surface area contributed by atoms with Crippen LogP contribution >= 0.6 is 0 Å². The fourth-order valence-electron chi connectivity index (χ4n) is 3.20. The zero-order chi connectivity index (χ0) is 18.5. The highest BCUT2D eigenvalue weighted by atomic mass is 16.4. The van der Waals surface area contributed by atoms with Gasteiger partial charge in [0.1, 0.15) is 12.0 Å². The molecule has 7 nitrogen and oxygen atoms in total. The van der Waals surface area contributed by atoms with Gasteiger partial charge in [0.25, 0.3) is 5.91 Å². The van der Waals surface area contributed by atoms with E-state index in [2.05, 4.69) is 33.8 Å². The van der Waals surface area contributed by atoms with Crippen LogP contribution in [0, 0.1) is 5.92 Å². The number of hydrogen-bond acceptors (Lipinski definition) is 4. The second-order valence-corrected chi connectivity index (χ2v) is 6.62. The predicted molar refractivity (Wildman–Crippen MR) is 95.9 cm³/mol. The van der Waals surface area contributed by atoms with E-state index in [1.165, 1.54) is 5.56 Å². The molecule has 2 heterocycles. The van der Waals surface area contributed by atoms with Crippen molar-refractivity contribution in [3.05, 3.63) is 57.9 Å². The van der Waals surface area contributed by atoms with Crippen molar-refractivity contribution in [2.75, 3.05) is 19.6 Å². The minimum Gasteiger partial charge on any atom is -0.416 e. The Hall–Kier alpha value is -2.83. The van der Waals surface area contributed by atoms with Crippen LogP contribution in [0.1, 0.15) is 35.0 Å². The van der Waals surface area contributed by atoms with Crippen LogP contribution in [0.3, 0.4) is 0 Å². The number of H-pyrrole nitrogens is 1. The Labute approximate surface area is 151 Å². The van der Waals surface area contributed by atoms with E-state index in [1.807, 2.05) is 17.0 Å². The molecular formula is C19H23N3O4. The number of carbonyl (C=O) groups is 2. The van der Waals surface area contributed by atoms with Gasteiger partial charge in [0.05, 0.1) is 6.42 Å². The molecule has 1 fully saturated rings. The molecule has 0 saturated carbocycles. The van der Waals surface area contributed by atoms with E-state index < -0.39 is 5.76 Å². The Balaban J connectivity index is 1.47. The summed E-state index contributed by atoms with van der Waals surface area (Å²) >= 11 is 0. The third kappa shape index (κ3) is 4.41. The molecule has 0 bridgehead atoms. The number of nitrogens with one attached hydrogen (secondary N) is 2. The molecule has 0 aliphatic carbocycles. The van der Waals surface area contributed by atoms with E-state index in [0.29, 0.717) is 26.1 Å². The number of carbonyl (C=O) groups excluding carboxylic acids is 2. The number of benzene rings is 1. The van der Waals surface area contributed by atoms with E-state index >= 15 is 0 Å². The number of aryl methyl sites for hydroxylation is 1. The summed E-state index contributed by atoms with van der Waals surface area (Å²) in [5.74, 6) is -0.702. The number of aromatic nitrogens is 1. The van der Waals surface area contributed by atoms with Gasteiger partial charge >= 0.3 is 5.76 Å². The van der Waals surface area contributed by atoms with Crippen LogP contribution in [0.15, 0.2) is 39.7 Å². The van der Waals surface area contributed by atoms with Crippen LogP contribution in [-0.2, 0) is 17.6 Å². The molecule has 7 heteroatoms. The lowest BCUT2D eigenvalue weighted by molar-refractivity contribution is -0.129. The van der Waals surface area contributed by atoms with Gasteiger partial charge < -0.3 is 14.6 Å². The van der Waals surface area contributed by atoms with E-state index in [-0.39, 0.29) is 23.4 Å². The normalized spacial score (nSPS) is 16.7. The Morgan fingerprint density at radius 3 is 2.88 bits per heavy atom. The van der Waals surface area contributed by atoms with Gasteiger partial charge in [-0.05, 0) is 29.9 Å². The van der Waals surface area contributed by atoms with Crippen LogP contribution in [0.25, 0.3) is 0 Å². The van der Waals surface area contributed by atoms with E-state index in [9.17, 15) is 14.4 Å². The number of oxazole rings is 1. The molecule has 0 unspecified atom stereocenters. The zero-order valence-electron chi connectivity index (χ0n) is 14.8. The van der Waals surface area contributed by atoms with Crippen LogP contribution in [0.4, 0.5) is 0 Å². The Morgan fingerprint density at radius 2 is 2.15 bits per heavy atom. The average Bonchev–Trinajstić information content (AvgIpc) is 3.29. The summed E-state index contributed by atoms with van der Waals surface area (Å²) in [5, 5.41) is 2.77. The number of rotatable bonds is 6. The van der Waals surface area contributed by atoms with Crippen LogP contribution < -0.4 is 11.1 Å². The van der Waals surface area contributed by atoms with Gasteiger partial charge in [-0.3, -0.25) is 14.6 Å². The molecule has 138 valence electrons. The first-order valence-electron chi connectivity index (χ1n) is 8.86. The number of hydrogen-bond donors (Lipinski definition) is 2. The molecule has 0 spiro atoms. The van der Waals surface area contributed by atoms with Gasteiger partial charge in [-0.25, -0.2) is 4.79 Å². The molecule has 0 radical (unpaired) electrons. The molecule has 3 rings (SSSR count). The van der Waals surface area contributed by atoms with Gasteiger partial charge in [-0.1, -0.05) is 31.2 Å². The van der Waals surface area contributed by atoms with Crippen molar-refractivity contribution in [2.24, 2.45) is 5.92 Å². The number of amides is 2. The lowest BCUT2D eigenvalue weighted by atomic mass is 10.1. The third-order valence-corrected chi connectivity index (χ3v) is 4.71. The molecular weight excluding hydrogens is 334 g/mol. The lowest BCUT2D eigenvalue weighted by Crippen LogP contribution is -2.33. The summed E-state index contributed by atoms with van der Waals surface area (Å²) < 4.78 is 4.55. The summed E-state index contributed by atoms with van der Waals surface area (Å²) in [5.41, 5.74) is 2.38. The second-order valence-electron chi connectivity index (χ2n) is 6.62. The molecule has 1 aliphatic rings. The smallest absolute Gasteiger partial charge is 0.416 e. The highest BCUT2D eigenvalue weighted by molar-refractivity contribution is 5.91. The van der Waals surface area contributed by atoms with Crippen molar-refractivity contribution in [3.63, 3.8) is 0 Å². The Kier molecular flexibility index (Phi) is 5.55. The summed E-state index contributed by atoms with van der Waals surface area (Å²) in [7, 11) is 0. The van der Waals surface area contributed by atoms with Crippen molar-refractivity contribution >= 4 is 11.8 Å². The molecule has 2 amide bonds. The van der Waals surface area contributed by atoms with Crippen molar-refractivity contribution in [1.82, 2.24) is 15.2 Å². The van der Waals surface area contributed by atoms with Gasteiger partial charge in [-0.2, -0.15) is 0 Å². The minimum absolute atomic E-state index is 0.108.